The molecule has 0 bridgehead atoms. The highest BCUT2D eigenvalue weighted by Gasteiger charge is 2.32. The van der Waals surface area contributed by atoms with E-state index in [1.54, 1.807) is 88.7 Å². The van der Waals surface area contributed by atoms with Gasteiger partial charge in [-0.2, -0.15) is 26.3 Å². The normalized spacial score (nSPS) is 14.3. The van der Waals surface area contributed by atoms with E-state index in [0.717, 1.165) is 211 Å². The number of morpholine rings is 3. The number of anilines is 8. The van der Waals surface area contributed by atoms with Crippen LogP contribution in [-0.2, 0) is 97.1 Å². The van der Waals surface area contributed by atoms with Crippen LogP contribution in [0, 0.1) is 68.5 Å². The lowest BCUT2D eigenvalue weighted by Gasteiger charge is -2.28. The molecular weight excluding hydrogens is 2000 g/mol. The molecule has 5 N–H and O–H groups in total. The fourth-order valence-corrected chi connectivity index (χ4v) is 23.0. The van der Waals surface area contributed by atoms with E-state index in [0.29, 0.717) is 127 Å². The van der Waals surface area contributed by atoms with Crippen LogP contribution in [-0.4, -0.2) is 188 Å². The standard InChI is InChI=1S/C24H28N4O3S.C23H26N4O3S.C22H24N4O3S.C22H23N3O3S.C21H21N3O3S/c1-3-15-32(29,30)26-19-7-5-18(6-8-19)24-22(17-25)21-16-20(27-11-13-31-14-12-27)9-10-23(21)28(24)4-2;1-3-27-22-10-9-19(26-11-13-30-14-12-26)15-20(22)21(16-24)23(27)17-5-7-18(8-6-17)25-31(28,29)4-2;1-3-26-21-9-8-18(25-10-12-29-13-11-25)14-19(21)20(15-23)22(26)16-4-6-17(7-5-16)24-30(2,27)28;1-3-29(26,27)24-17-8-6-16(7-9-17)22-20(13-23)19-11-10-18(28-2)12-21(19)25(22)14-15-4-5-15;1-27-17-9-10-18-19(12-22)21(24(20(18)11-17)13-14-3-4-14)15-5-7-16(8-6-15)23-28(2,25)26/h5-10,16,26H,3-4,11-15H2,1-2H3;5-10,15,25H,3-4,11-14H2,1-2H3;4-9,14,24H,3,10-13H2,1-2H3;6-12,15,24H,3-5,14H2,1-2H3;5-11,14,23H,3-4,13H2,1-2H3. The Bertz CT molecular complexity index is 8360. The summed E-state index contributed by atoms with van der Waals surface area (Å²) in [6.07, 6.45) is 7.59. The third-order valence-corrected chi connectivity index (χ3v) is 32.4. The van der Waals surface area contributed by atoms with Crippen molar-refractivity contribution in [3.05, 3.63) is 240 Å². The van der Waals surface area contributed by atoms with Gasteiger partial charge in [-0.3, -0.25) is 23.6 Å². The van der Waals surface area contributed by atoms with E-state index < -0.39 is 50.1 Å². The molecule has 8 heterocycles. The largest absolute Gasteiger partial charge is 0.497 e. The molecule has 20 rings (SSSR count). The molecular formula is C112H122N18O15S5. The minimum atomic E-state index is -3.35. The zero-order chi connectivity index (χ0) is 107. The van der Waals surface area contributed by atoms with Gasteiger partial charge in [0.1, 0.15) is 41.8 Å². The number of sulfonamides is 5. The SMILES string of the molecule is CCCS(=O)(=O)Nc1ccc(-c2c(C#N)c3cc(N4CCOCC4)ccc3n2CC)cc1.CCS(=O)(=O)Nc1ccc(-c2c(C#N)c3ccc(OC)cc3n2CC2CC2)cc1.CCn1c(-c2ccc(NS(=O)(=O)CC)cc2)c(C#N)c2cc(N3CCOCC3)ccc21.CCn1c(-c2ccc(NS(C)(=O)=O)cc2)c(C#N)c2cc(N3CCOCC3)ccc21.COc1ccc2c(C#N)c(-c3ccc(NS(C)(=O)=O)cc3)n(CC3CC3)c2c1. The average molecular weight is 2120 g/mol. The molecule has 780 valence electrons. The van der Waals surface area contributed by atoms with Crippen molar-refractivity contribution >= 4 is 150 Å². The second-order valence-electron chi connectivity index (χ2n) is 37.3. The van der Waals surface area contributed by atoms with E-state index in [-0.39, 0.29) is 17.3 Å². The van der Waals surface area contributed by atoms with Crippen LogP contribution in [0.2, 0.25) is 0 Å². The predicted octanol–water partition coefficient (Wildman–Crippen LogP) is 19.7. The summed E-state index contributed by atoms with van der Waals surface area (Å²) in [5.74, 6) is 2.88. The van der Waals surface area contributed by atoms with Gasteiger partial charge < -0.3 is 61.2 Å². The number of nitrogens with one attached hydrogen (secondary N) is 5. The summed E-state index contributed by atoms with van der Waals surface area (Å²) in [7, 11) is -13.4. The lowest BCUT2D eigenvalue weighted by Crippen LogP contribution is -2.36. The highest BCUT2D eigenvalue weighted by atomic mass is 32.2. The van der Waals surface area contributed by atoms with Crippen molar-refractivity contribution in [1.29, 1.82) is 26.3 Å². The minimum absolute atomic E-state index is 0.0167. The van der Waals surface area contributed by atoms with Gasteiger partial charge in [-0.25, -0.2) is 42.1 Å². The van der Waals surface area contributed by atoms with Crippen molar-refractivity contribution in [2.75, 3.05) is 161 Å². The average Bonchev–Trinajstić information content (AvgIpc) is 1.76. The second kappa shape index (κ2) is 46.8. The number of rotatable bonds is 31. The summed E-state index contributed by atoms with van der Waals surface area (Å²) in [6, 6.07) is 78.3. The van der Waals surface area contributed by atoms with Gasteiger partial charge in [0.25, 0.3) is 0 Å². The first kappa shape index (κ1) is 108. The zero-order valence-corrected chi connectivity index (χ0v) is 89.6. The third kappa shape index (κ3) is 24.9. The number of aryl methyl sites for hydroxylation is 3. The van der Waals surface area contributed by atoms with Gasteiger partial charge >= 0.3 is 0 Å². The lowest BCUT2D eigenvalue weighted by molar-refractivity contribution is 0.122. The van der Waals surface area contributed by atoms with Crippen molar-refractivity contribution < 1.29 is 65.8 Å². The van der Waals surface area contributed by atoms with Crippen LogP contribution in [0.25, 0.3) is 111 Å². The van der Waals surface area contributed by atoms with E-state index in [9.17, 15) is 68.4 Å². The Morgan fingerprint density at radius 1 is 0.307 bits per heavy atom. The molecule has 33 nitrogen and oxygen atoms in total. The van der Waals surface area contributed by atoms with Gasteiger partial charge in [-0.05, 0) is 246 Å². The Kier molecular flexibility index (Phi) is 33.6. The maximum atomic E-state index is 12.1. The number of benzene rings is 10. The van der Waals surface area contributed by atoms with Gasteiger partial charge in [0.05, 0.1) is 151 Å². The Balaban J connectivity index is 0.000000134. The predicted molar refractivity (Wildman–Crippen MR) is 596 cm³/mol. The first-order valence-corrected chi connectivity index (χ1v) is 58.8. The summed E-state index contributed by atoms with van der Waals surface area (Å²) in [6.45, 7) is 24.3. The first-order valence-electron chi connectivity index (χ1n) is 50.1. The van der Waals surface area contributed by atoms with Crippen molar-refractivity contribution in [3.63, 3.8) is 0 Å². The highest BCUT2D eigenvalue weighted by molar-refractivity contribution is 7.93. The molecule has 3 aliphatic heterocycles. The van der Waals surface area contributed by atoms with Crippen LogP contribution in [0.5, 0.6) is 11.5 Å². The highest BCUT2D eigenvalue weighted by Crippen LogP contribution is 2.46. The molecule has 150 heavy (non-hydrogen) atoms. The molecule has 0 atom stereocenters. The summed E-state index contributed by atoms with van der Waals surface area (Å²) >= 11 is 0. The first-order chi connectivity index (χ1) is 72.2. The Labute approximate surface area is 876 Å². The summed E-state index contributed by atoms with van der Waals surface area (Å²) in [5.41, 5.74) is 22.7. The quantitative estimate of drug-likeness (QED) is 0.0269. The maximum Gasteiger partial charge on any atom is 0.232 e. The molecule has 38 heteroatoms. The Morgan fingerprint density at radius 2 is 0.560 bits per heavy atom. The molecule has 0 radical (unpaired) electrons. The van der Waals surface area contributed by atoms with Gasteiger partial charge in [-0.1, -0.05) is 67.6 Å². The van der Waals surface area contributed by atoms with Crippen LogP contribution < -0.4 is 47.8 Å². The smallest absolute Gasteiger partial charge is 0.232 e. The maximum absolute atomic E-state index is 12.1. The van der Waals surface area contributed by atoms with Crippen LogP contribution >= 0.6 is 0 Å². The van der Waals surface area contributed by atoms with Gasteiger partial charge in [0.2, 0.25) is 50.1 Å². The number of hydrogen-bond acceptors (Lipinski definition) is 23. The third-order valence-electron chi connectivity index (χ3n) is 27.0. The van der Waals surface area contributed by atoms with E-state index >= 15 is 0 Å². The second-order valence-corrected chi connectivity index (χ2v) is 46.6. The number of aromatic nitrogens is 5. The Morgan fingerprint density at radius 3 is 0.793 bits per heavy atom. The summed E-state index contributed by atoms with van der Waals surface area (Å²) in [5, 5.41) is 54.5. The molecule has 15 aromatic rings. The van der Waals surface area contributed by atoms with Crippen molar-refractivity contribution in [3.8, 4) is 98.1 Å². The topological polar surface area (TPSA) is 430 Å². The van der Waals surface area contributed by atoms with Crippen molar-refractivity contribution in [2.24, 2.45) is 11.8 Å². The van der Waals surface area contributed by atoms with Crippen LogP contribution in [0.15, 0.2) is 212 Å². The molecule has 0 unspecified atom stereocenters. The summed E-state index contributed by atoms with van der Waals surface area (Å²) < 4.78 is 168. The fourth-order valence-electron chi connectivity index (χ4n) is 19.5. The molecule has 2 saturated carbocycles. The molecule has 0 amide bonds. The fraction of sp³-hybridized carbons (Fsp3) is 0.330. The monoisotopic (exact) mass is 2120 g/mol. The number of hydrogen-bond donors (Lipinski definition) is 5. The summed E-state index contributed by atoms with van der Waals surface area (Å²) in [4.78, 5) is 6.84. The van der Waals surface area contributed by atoms with Crippen LogP contribution in [0.4, 0.5) is 45.5 Å². The molecule has 10 aromatic carbocycles. The molecule has 5 fully saturated rings. The number of nitrogens with zero attached hydrogens (tertiary/aromatic N) is 13. The molecule has 3 saturated heterocycles. The Hall–Kier alpha value is -15.0. The van der Waals surface area contributed by atoms with E-state index in [1.807, 2.05) is 104 Å². The van der Waals surface area contributed by atoms with Crippen LogP contribution in [0.1, 0.15) is 101 Å². The van der Waals surface area contributed by atoms with E-state index in [1.165, 1.54) is 25.7 Å². The molecule has 5 aliphatic rings. The van der Waals surface area contributed by atoms with Gasteiger partial charge in [0, 0.05) is 173 Å². The minimum Gasteiger partial charge on any atom is -0.497 e. The van der Waals surface area contributed by atoms with E-state index in [2.05, 4.69) is 167 Å². The van der Waals surface area contributed by atoms with Gasteiger partial charge in [0.15, 0.2) is 0 Å². The van der Waals surface area contributed by atoms with Crippen molar-refractivity contribution in [1.82, 2.24) is 22.8 Å². The van der Waals surface area contributed by atoms with Crippen LogP contribution in [0.3, 0.4) is 0 Å². The number of nitriles is 5. The van der Waals surface area contributed by atoms with E-state index in [4.69, 9.17) is 23.7 Å². The zero-order valence-electron chi connectivity index (χ0n) is 85.5. The van der Waals surface area contributed by atoms with Gasteiger partial charge in [-0.15, -0.1) is 0 Å². The molecule has 0 spiro atoms. The number of methoxy groups -OCH3 is 2. The van der Waals surface area contributed by atoms with Crippen molar-refractivity contribution in [2.45, 2.75) is 106 Å². The number of fused-ring (bicyclic) bond motifs is 5. The lowest BCUT2D eigenvalue weighted by atomic mass is 10.1. The molecule has 2 aliphatic carbocycles. The molecule has 5 aromatic heterocycles. The number of ether oxygens (including phenoxy) is 5.